The third kappa shape index (κ3) is 4.13. The highest BCUT2D eigenvalue weighted by Gasteiger charge is 2.35. The van der Waals surface area contributed by atoms with Crippen LogP contribution in [0.15, 0.2) is 24.3 Å². The molecule has 4 heteroatoms. The van der Waals surface area contributed by atoms with E-state index in [2.05, 4.69) is 19.2 Å². The fourth-order valence-electron chi connectivity index (χ4n) is 2.89. The van der Waals surface area contributed by atoms with Gasteiger partial charge in [0.1, 0.15) is 5.75 Å². The molecule has 1 aliphatic rings. The molecule has 1 aromatic carbocycles. The highest BCUT2D eigenvalue weighted by molar-refractivity contribution is 5.75. The number of hydrogen-bond acceptors (Lipinski definition) is 2. The van der Waals surface area contributed by atoms with E-state index in [1.165, 1.54) is 5.56 Å². The Kier molecular flexibility index (Phi) is 4.76. The van der Waals surface area contributed by atoms with E-state index in [-0.39, 0.29) is 23.4 Å². The van der Waals surface area contributed by atoms with Gasteiger partial charge in [-0.2, -0.15) is 0 Å². The van der Waals surface area contributed by atoms with Crippen molar-refractivity contribution in [2.75, 3.05) is 6.54 Å². The van der Waals surface area contributed by atoms with Crippen molar-refractivity contribution in [1.82, 2.24) is 10.2 Å². The number of rotatable bonds is 4. The van der Waals surface area contributed by atoms with Crippen molar-refractivity contribution in [2.45, 2.75) is 58.0 Å². The number of phenolic OH excluding ortho intramolecular Hbond substituents is 1. The van der Waals surface area contributed by atoms with Gasteiger partial charge in [0.25, 0.3) is 0 Å². The lowest BCUT2D eigenvalue weighted by Gasteiger charge is -2.32. The van der Waals surface area contributed by atoms with E-state index < -0.39 is 0 Å². The van der Waals surface area contributed by atoms with Gasteiger partial charge in [-0.3, -0.25) is 0 Å². The second kappa shape index (κ2) is 6.37. The lowest BCUT2D eigenvalue weighted by Crippen LogP contribution is -2.50. The first-order valence-corrected chi connectivity index (χ1v) is 7.74. The standard InChI is InChI=1S/C17H26N2O2/c1-13(5-6-14-7-9-15(20)10-8-14)18-16(21)19-12-4-11-17(19,2)3/h7-10,13,20H,4-6,11-12H2,1-3H3,(H,18,21). The van der Waals surface area contributed by atoms with Crippen molar-refractivity contribution in [2.24, 2.45) is 0 Å². The van der Waals surface area contributed by atoms with Gasteiger partial charge in [0.15, 0.2) is 0 Å². The van der Waals surface area contributed by atoms with E-state index in [0.717, 1.165) is 32.2 Å². The third-order valence-electron chi connectivity index (χ3n) is 4.32. The Balaban J connectivity index is 1.80. The van der Waals surface area contributed by atoms with Crippen LogP contribution in [0.4, 0.5) is 4.79 Å². The molecule has 1 atom stereocenters. The lowest BCUT2D eigenvalue weighted by molar-refractivity contribution is 0.162. The molecule has 0 aliphatic carbocycles. The second-order valence-electron chi connectivity index (χ2n) is 6.62. The zero-order valence-corrected chi connectivity index (χ0v) is 13.2. The van der Waals surface area contributed by atoms with Crippen LogP contribution in [0.2, 0.25) is 0 Å². The van der Waals surface area contributed by atoms with E-state index in [1.807, 2.05) is 24.0 Å². The number of amides is 2. The van der Waals surface area contributed by atoms with E-state index in [0.29, 0.717) is 0 Å². The molecule has 0 aromatic heterocycles. The normalized spacial score (nSPS) is 18.5. The Morgan fingerprint density at radius 2 is 2.05 bits per heavy atom. The van der Waals surface area contributed by atoms with Crippen LogP contribution in [0.25, 0.3) is 0 Å². The summed E-state index contributed by atoms with van der Waals surface area (Å²) < 4.78 is 0. The van der Waals surface area contributed by atoms with Gasteiger partial charge in [-0.1, -0.05) is 12.1 Å². The summed E-state index contributed by atoms with van der Waals surface area (Å²) in [6, 6.07) is 7.44. The van der Waals surface area contributed by atoms with Crippen molar-refractivity contribution in [3.63, 3.8) is 0 Å². The number of nitrogens with zero attached hydrogens (tertiary/aromatic N) is 1. The summed E-state index contributed by atoms with van der Waals surface area (Å²) >= 11 is 0. The second-order valence-corrected chi connectivity index (χ2v) is 6.62. The summed E-state index contributed by atoms with van der Waals surface area (Å²) in [5.74, 6) is 0.288. The fraction of sp³-hybridized carbons (Fsp3) is 0.588. The van der Waals surface area contributed by atoms with Gasteiger partial charge < -0.3 is 15.3 Å². The lowest BCUT2D eigenvalue weighted by atomic mass is 10.0. The summed E-state index contributed by atoms with van der Waals surface area (Å²) in [5.41, 5.74) is 1.15. The Labute approximate surface area is 127 Å². The topological polar surface area (TPSA) is 52.6 Å². The number of benzene rings is 1. The van der Waals surface area contributed by atoms with E-state index >= 15 is 0 Å². The molecule has 1 heterocycles. The Bertz CT molecular complexity index is 482. The Morgan fingerprint density at radius 3 is 2.62 bits per heavy atom. The van der Waals surface area contributed by atoms with Crippen LogP contribution in [-0.2, 0) is 6.42 Å². The monoisotopic (exact) mass is 290 g/mol. The van der Waals surface area contributed by atoms with Crippen LogP contribution in [0.5, 0.6) is 5.75 Å². The van der Waals surface area contributed by atoms with Gasteiger partial charge in [0.2, 0.25) is 0 Å². The van der Waals surface area contributed by atoms with Crippen molar-refractivity contribution < 1.29 is 9.90 Å². The van der Waals surface area contributed by atoms with E-state index in [9.17, 15) is 9.90 Å². The first kappa shape index (κ1) is 15.7. The first-order chi connectivity index (χ1) is 9.88. The molecule has 21 heavy (non-hydrogen) atoms. The van der Waals surface area contributed by atoms with E-state index in [1.54, 1.807) is 12.1 Å². The molecule has 0 radical (unpaired) electrons. The van der Waals surface area contributed by atoms with Crippen LogP contribution in [0, 0.1) is 0 Å². The molecule has 1 fully saturated rings. The molecule has 116 valence electrons. The predicted octanol–water partition coefficient (Wildman–Crippen LogP) is 3.30. The fourth-order valence-corrected chi connectivity index (χ4v) is 2.89. The van der Waals surface area contributed by atoms with Gasteiger partial charge in [0.05, 0.1) is 0 Å². The Hall–Kier alpha value is -1.71. The number of carbonyl (C=O) groups excluding carboxylic acids is 1. The third-order valence-corrected chi connectivity index (χ3v) is 4.32. The average molecular weight is 290 g/mol. The van der Waals surface area contributed by atoms with Gasteiger partial charge >= 0.3 is 6.03 Å². The average Bonchev–Trinajstić information content (AvgIpc) is 2.78. The van der Waals surface area contributed by atoms with Crippen LogP contribution in [-0.4, -0.2) is 34.2 Å². The number of urea groups is 1. The van der Waals surface area contributed by atoms with Gasteiger partial charge in [-0.15, -0.1) is 0 Å². The van der Waals surface area contributed by atoms with Crippen molar-refractivity contribution in [1.29, 1.82) is 0 Å². The molecule has 2 rings (SSSR count). The number of hydrogen-bond donors (Lipinski definition) is 2. The van der Waals surface area contributed by atoms with Gasteiger partial charge in [-0.25, -0.2) is 4.79 Å². The molecular formula is C17H26N2O2. The zero-order valence-electron chi connectivity index (χ0n) is 13.2. The number of aromatic hydroxyl groups is 1. The minimum atomic E-state index is -0.0270. The molecule has 2 amide bonds. The molecule has 4 nitrogen and oxygen atoms in total. The van der Waals surface area contributed by atoms with Gasteiger partial charge in [0, 0.05) is 18.1 Å². The molecule has 1 saturated heterocycles. The van der Waals surface area contributed by atoms with Crippen molar-refractivity contribution in [3.8, 4) is 5.75 Å². The minimum absolute atomic E-state index is 0.0270. The SMILES string of the molecule is CC(CCc1ccc(O)cc1)NC(=O)N1CCCC1(C)C. The maximum absolute atomic E-state index is 12.3. The molecule has 2 N–H and O–H groups in total. The zero-order chi connectivity index (χ0) is 15.5. The smallest absolute Gasteiger partial charge is 0.318 e. The molecule has 1 aliphatic heterocycles. The predicted molar refractivity (Wildman–Crippen MR) is 84.4 cm³/mol. The summed E-state index contributed by atoms with van der Waals surface area (Å²) in [5, 5.41) is 12.4. The number of nitrogens with one attached hydrogen (secondary N) is 1. The number of carbonyl (C=O) groups is 1. The minimum Gasteiger partial charge on any atom is -0.508 e. The summed E-state index contributed by atoms with van der Waals surface area (Å²) in [7, 11) is 0. The summed E-state index contributed by atoms with van der Waals surface area (Å²) in [6.45, 7) is 7.15. The maximum Gasteiger partial charge on any atom is 0.318 e. The molecule has 0 spiro atoms. The molecule has 0 bridgehead atoms. The highest BCUT2D eigenvalue weighted by Crippen LogP contribution is 2.28. The number of likely N-dealkylation sites (tertiary alicyclic amines) is 1. The molecule has 0 saturated carbocycles. The molecule has 1 unspecified atom stereocenters. The van der Waals surface area contributed by atoms with Crippen molar-refractivity contribution >= 4 is 6.03 Å². The van der Waals surface area contributed by atoms with Crippen LogP contribution in [0.1, 0.15) is 45.6 Å². The quantitative estimate of drug-likeness (QED) is 0.894. The van der Waals surface area contributed by atoms with Crippen molar-refractivity contribution in [3.05, 3.63) is 29.8 Å². The first-order valence-electron chi connectivity index (χ1n) is 7.74. The maximum atomic E-state index is 12.3. The number of phenols is 1. The Morgan fingerprint density at radius 1 is 1.38 bits per heavy atom. The summed E-state index contributed by atoms with van der Waals surface area (Å²) in [6.07, 6.45) is 3.94. The van der Waals surface area contributed by atoms with Crippen LogP contribution >= 0.6 is 0 Å². The van der Waals surface area contributed by atoms with Crippen LogP contribution in [0.3, 0.4) is 0 Å². The number of aryl methyl sites for hydroxylation is 1. The van der Waals surface area contributed by atoms with Gasteiger partial charge in [-0.05, 0) is 64.2 Å². The summed E-state index contributed by atoms with van der Waals surface area (Å²) in [4.78, 5) is 14.3. The van der Waals surface area contributed by atoms with Crippen LogP contribution < -0.4 is 5.32 Å². The molecular weight excluding hydrogens is 264 g/mol. The largest absolute Gasteiger partial charge is 0.508 e. The highest BCUT2D eigenvalue weighted by atomic mass is 16.3. The van der Waals surface area contributed by atoms with E-state index in [4.69, 9.17) is 0 Å². The molecule has 1 aromatic rings.